The molecule has 2 saturated heterocycles. The van der Waals surface area contributed by atoms with E-state index in [1.54, 1.807) is 50.6 Å². The Bertz CT molecular complexity index is 4600. The van der Waals surface area contributed by atoms with Gasteiger partial charge >= 0.3 is 0 Å². The molecule has 0 saturated carbocycles. The first-order valence-electron chi connectivity index (χ1n) is 47.7. The van der Waals surface area contributed by atoms with Crippen molar-refractivity contribution in [1.29, 1.82) is 5.41 Å². The molecule has 3 aromatic heterocycles. The predicted octanol–water partition coefficient (Wildman–Crippen LogP) is -1.73. The van der Waals surface area contributed by atoms with Gasteiger partial charge in [0.05, 0.1) is 69.8 Å². The van der Waals surface area contributed by atoms with Gasteiger partial charge in [-0.25, -0.2) is 10.1 Å². The molecule has 0 aliphatic carbocycles. The number of guanidine groups is 1. The molecule has 137 heavy (non-hydrogen) atoms. The lowest BCUT2D eigenvalue weighted by Gasteiger charge is -2.31. The second kappa shape index (κ2) is 62.3. The van der Waals surface area contributed by atoms with Crippen molar-refractivity contribution in [1.82, 2.24) is 120 Å². The maximum Gasteiger partial charge on any atom is 0.246 e. The van der Waals surface area contributed by atoms with E-state index in [-0.39, 0.29) is 115 Å². The summed E-state index contributed by atoms with van der Waals surface area (Å²) < 4.78 is 10.8. The number of carbonyl (C=O) groups is 15. The predicted molar refractivity (Wildman–Crippen MR) is 503 cm³/mol. The van der Waals surface area contributed by atoms with Gasteiger partial charge in [-0.2, -0.15) is 0 Å². The van der Waals surface area contributed by atoms with Crippen LogP contribution in [0.4, 0.5) is 0 Å². The summed E-state index contributed by atoms with van der Waals surface area (Å²) >= 11 is 0. The average molecular weight is 1920 g/mol. The topological polar surface area (TPSA) is 659 Å². The Morgan fingerprint density at radius 1 is 0.620 bits per heavy atom. The zero-order valence-corrected chi connectivity index (χ0v) is 79.1. The van der Waals surface area contributed by atoms with Crippen LogP contribution in [0.2, 0.25) is 0 Å². The molecule has 14 amide bonds. The molecule has 2 aromatic carbocycles. The van der Waals surface area contributed by atoms with Gasteiger partial charge in [0.2, 0.25) is 82.7 Å². The van der Waals surface area contributed by atoms with Crippen LogP contribution in [0.5, 0.6) is 0 Å². The molecule has 0 spiro atoms. The monoisotopic (exact) mass is 1920 g/mol. The van der Waals surface area contributed by atoms with Crippen molar-refractivity contribution in [3.8, 4) is 0 Å². The van der Waals surface area contributed by atoms with E-state index < -0.39 is 201 Å². The maximum atomic E-state index is 15.3. The van der Waals surface area contributed by atoms with Crippen LogP contribution in [0.3, 0.4) is 0 Å². The normalized spacial score (nSPS) is 18.8. The number of carbonyl (C=O) groups excluding carboxylic acids is 15. The molecule has 23 N–H and O–H groups in total. The molecular weight excluding hydrogens is 1780 g/mol. The number of para-hydroxylation sites is 1. The van der Waals surface area contributed by atoms with Crippen molar-refractivity contribution in [3.63, 3.8) is 0 Å². The minimum Gasteiger partial charge on any atom is -0.394 e. The van der Waals surface area contributed by atoms with Gasteiger partial charge in [0, 0.05) is 101 Å². The van der Waals surface area contributed by atoms with Gasteiger partial charge in [-0.05, 0) is 113 Å². The van der Waals surface area contributed by atoms with Crippen molar-refractivity contribution >= 4 is 105 Å². The number of nitrogens with two attached hydrogens (primary N) is 1. The van der Waals surface area contributed by atoms with E-state index in [1.165, 1.54) is 75.7 Å². The Labute approximate surface area is 797 Å². The van der Waals surface area contributed by atoms with Gasteiger partial charge in [0.15, 0.2) is 11.7 Å². The highest BCUT2D eigenvalue weighted by molar-refractivity contribution is 6.00. The SMILES string of the molecule is CCCC[C@H](NC(=O)[C@H](CCNC(=O)[C@H](Cc1c[nH]cn1)NC(=O)[C@H](CO)NC(=O)[C@H](CO)NC(=O)CNC(=O)COCCOCCNC(=O)CCCCCCCCCCCCCCCc1nnn[nH]1)N(C)C)C(=O)N[C@H]1CCC(=O)NCCCC[C@@H](C(C)=O)NC(=O)[C@H](Cc2c[nH]c3ccccc23)NC(=O)[C@H](CCCNC(=N)N)NC(=O)[C@@H](Cc2ccccc2)NC(=O)[C@@H]2C[C@@H](O)CN2C1=O. The van der Waals surface area contributed by atoms with E-state index in [4.69, 9.17) is 20.6 Å². The Morgan fingerprint density at radius 2 is 1.26 bits per heavy atom. The van der Waals surface area contributed by atoms with Crippen molar-refractivity contribution in [3.05, 3.63) is 96.0 Å². The number of ether oxygens (including phenoxy) is 2. The van der Waals surface area contributed by atoms with E-state index in [9.17, 15) is 72.9 Å². The van der Waals surface area contributed by atoms with Crippen LogP contribution in [-0.4, -0.2) is 321 Å². The number of nitrogens with zero attached hydrogens (tertiary/aromatic N) is 6. The smallest absolute Gasteiger partial charge is 0.246 e. The third kappa shape index (κ3) is 41.6. The molecule has 0 unspecified atom stereocenters. The molecule has 45 nitrogen and oxygen atoms in total. The second-order valence-corrected chi connectivity index (χ2v) is 34.8. The Balaban J connectivity index is 0.912. The van der Waals surface area contributed by atoms with E-state index >= 15 is 14.4 Å². The van der Waals surface area contributed by atoms with E-state index in [0.717, 1.165) is 60.2 Å². The zero-order chi connectivity index (χ0) is 99.2. The summed E-state index contributed by atoms with van der Waals surface area (Å²) in [5.41, 5.74) is 7.83. The number of H-pyrrole nitrogens is 3. The number of aryl methyl sites for hydroxylation is 1. The van der Waals surface area contributed by atoms with Gasteiger partial charge in [-0.15, -0.1) is 5.10 Å². The molecule has 2 aliphatic heterocycles. The summed E-state index contributed by atoms with van der Waals surface area (Å²) in [7, 11) is 3.13. The molecule has 5 aromatic rings. The number of rotatable bonds is 56. The third-order valence-electron chi connectivity index (χ3n) is 23.7. The fourth-order valence-corrected chi connectivity index (χ4v) is 15.9. The van der Waals surface area contributed by atoms with Crippen LogP contribution in [0.1, 0.15) is 203 Å². The number of benzene rings is 2. The van der Waals surface area contributed by atoms with Crippen molar-refractivity contribution in [2.45, 2.75) is 279 Å². The van der Waals surface area contributed by atoms with E-state index in [0.29, 0.717) is 49.8 Å². The molecule has 5 heterocycles. The number of aromatic amines is 3. The molecule has 0 bridgehead atoms. The Kier molecular flexibility index (Phi) is 50.7. The van der Waals surface area contributed by atoms with Gasteiger partial charge in [0.25, 0.3) is 0 Å². The molecule has 2 aliphatic rings. The number of fused-ring (bicyclic) bond motifs is 2. The first-order chi connectivity index (χ1) is 66.0. The van der Waals surface area contributed by atoms with Crippen LogP contribution in [-0.2, 0) is 107 Å². The molecule has 0 radical (unpaired) electrons. The van der Waals surface area contributed by atoms with Crippen LogP contribution < -0.4 is 80.2 Å². The van der Waals surface area contributed by atoms with Crippen LogP contribution in [0, 0.1) is 5.41 Å². The van der Waals surface area contributed by atoms with Crippen molar-refractivity contribution < 1.29 is 96.7 Å². The Morgan fingerprint density at radius 3 is 1.93 bits per heavy atom. The van der Waals surface area contributed by atoms with Gasteiger partial charge < -0.3 is 120 Å². The highest BCUT2D eigenvalue weighted by atomic mass is 16.5. The minimum absolute atomic E-state index is 0.0125. The quantitative estimate of drug-likeness (QED) is 0.0117. The number of imidazole rings is 1. The molecule has 7 rings (SSSR count). The number of Topliss-reactive ketones (excluding diaryl/α,β-unsaturated/α-hetero) is 1. The zero-order valence-electron chi connectivity index (χ0n) is 79.1. The number of hydrogen-bond acceptors (Lipinski definition) is 26. The highest BCUT2D eigenvalue weighted by Gasteiger charge is 2.44. The number of aromatic nitrogens is 7. The largest absolute Gasteiger partial charge is 0.394 e. The average Bonchev–Trinajstić information content (AvgIpc) is 1.69. The maximum absolute atomic E-state index is 15.3. The van der Waals surface area contributed by atoms with Crippen LogP contribution in [0.15, 0.2) is 73.3 Å². The number of hydrogen-bond donors (Lipinski definition) is 22. The molecule has 12 atom stereocenters. The fourth-order valence-electron chi connectivity index (χ4n) is 15.9. The van der Waals surface area contributed by atoms with Gasteiger partial charge in [-0.1, -0.05) is 139 Å². The molecule has 2 fully saturated rings. The lowest BCUT2D eigenvalue weighted by atomic mass is 10.0. The number of aliphatic hydroxyl groups is 3. The summed E-state index contributed by atoms with van der Waals surface area (Å²) in [5.74, 6) is -11.0. The summed E-state index contributed by atoms with van der Waals surface area (Å²) in [4.78, 5) is 224. The summed E-state index contributed by atoms with van der Waals surface area (Å²) in [5, 5.41) is 91.4. The number of amides is 14. The van der Waals surface area contributed by atoms with Crippen molar-refractivity contribution in [2.75, 3.05) is 93.0 Å². The molecule has 756 valence electrons. The third-order valence-corrected chi connectivity index (χ3v) is 23.7. The van der Waals surface area contributed by atoms with Gasteiger partial charge in [-0.3, -0.25) is 82.2 Å². The minimum atomic E-state index is -1.77. The number of aliphatic hydroxyl groups excluding tert-OH is 3. The lowest BCUT2D eigenvalue weighted by molar-refractivity contribution is -0.143. The lowest BCUT2D eigenvalue weighted by Crippen LogP contribution is -2.60. The van der Waals surface area contributed by atoms with Crippen molar-refractivity contribution in [2.24, 2.45) is 5.73 Å². The number of likely N-dealkylation sites (N-methyl/N-ethyl adjacent to an activating group) is 1. The van der Waals surface area contributed by atoms with E-state index in [2.05, 4.69) is 110 Å². The first-order valence-corrected chi connectivity index (χ1v) is 47.7. The van der Waals surface area contributed by atoms with Crippen LogP contribution in [0.25, 0.3) is 10.9 Å². The van der Waals surface area contributed by atoms with Gasteiger partial charge in [0.1, 0.15) is 66.8 Å². The first kappa shape index (κ1) is 112. The summed E-state index contributed by atoms with van der Waals surface area (Å²) in [6.07, 6.45) is 19.3. The number of nitrogens with one attached hydrogen (secondary N) is 18. The number of ketones is 1. The van der Waals surface area contributed by atoms with E-state index in [1.807, 2.05) is 31.2 Å². The summed E-state index contributed by atoms with van der Waals surface area (Å²) in [6.45, 7) is 0.0706. The molecule has 45 heteroatoms. The summed E-state index contributed by atoms with van der Waals surface area (Å²) in [6, 6.07) is 0.0363. The van der Waals surface area contributed by atoms with Crippen LogP contribution >= 0.6 is 0 Å². The molecular formula is C92H143N25O20. The highest BCUT2D eigenvalue weighted by Crippen LogP contribution is 2.24. The Hall–Kier alpha value is -12.5. The standard InChI is InChI=1S/C92H143N25O20/c1-5-6-31-67(83(127)107-69-37-38-79(123)96-40-26-25-32-65(59(2)120)104-86(130)71(48-61-51-100-66-33-24-23-30-64(61)66)108-84(128)68(34-27-41-99-92(93)94)105-85(129)70(47-60-28-19-18-20-29-60)110-90(134)76-50-63(121)54-117(76)91(69)135)106-89(133)75(116(3)4)39-42-98-82(126)72(49-62-52-95-58-102-62)109-88(132)74(56-119)111-87(131)73(55-118)103-80(124)53-101-81(125)57-137-46-45-136-44-43-97-78(122)36-22-17-15-13-11-9-7-8-10-12-14-16-21-35-77-112-114-115-113-77/h18-20,23-24,28-30,33,51-52,58,63,65,67-76,100,118-119,121H,5-17,21-22,25-27,31-32,34-50,53-57H2,1-4H3,(H,95,102)(H,96,123)(H,97,122)(H,98,126)(H,101,125)(H,103,124)(H,104,130)(H,105,129)(H,106,133)(H,107,127)(H,108,128)(H,109,132)(H,110,134)(H,111,131)(H4,93,94,99)(H,112,113,114,115)/t63-,65+,67+,68+,69+,70-,71+,72+,73+,74+,75+,76+/m1/s1. The number of tetrazole rings is 1. The second-order valence-electron chi connectivity index (χ2n) is 34.8. The number of unbranched alkanes of at least 4 members (excludes halogenated alkanes) is 13. The fraction of sp³-hybridized carbons (Fsp3) is 0.630.